The van der Waals surface area contributed by atoms with Crippen molar-refractivity contribution in [3.8, 4) is 151 Å². The number of alkyl halides is 1. The lowest BCUT2D eigenvalue weighted by Gasteiger charge is -2.31. The average Bonchev–Trinajstić information content (AvgIpc) is 1.60. The molecule has 9 amide bonds. The number of nitrogens with one attached hydrogen (secondary N) is 3. The van der Waals surface area contributed by atoms with Gasteiger partial charge >= 0.3 is 5.97 Å². The zero-order valence-electron chi connectivity index (χ0n) is 80.4. The van der Waals surface area contributed by atoms with E-state index in [4.69, 9.17) is 54.7 Å². The molecule has 6 aliphatic rings. The first-order chi connectivity index (χ1) is 69.2. The van der Waals surface area contributed by atoms with Gasteiger partial charge in [-0.3, -0.25) is 82.4 Å². The van der Waals surface area contributed by atoms with E-state index in [0.29, 0.717) is 107 Å². The van der Waals surface area contributed by atoms with E-state index in [1.807, 2.05) is 78.0 Å². The van der Waals surface area contributed by atoms with Crippen LogP contribution in [0.3, 0.4) is 0 Å². The number of nitrogens with zero attached hydrogens (tertiary/aromatic N) is 7. The Bertz CT molecular complexity index is 6630. The van der Waals surface area contributed by atoms with Crippen LogP contribution in [0, 0.1) is 108 Å². The number of amides is 9. The Labute approximate surface area is 838 Å². The summed E-state index contributed by atoms with van der Waals surface area (Å²) in [6.45, 7) is 11.0. The normalized spacial score (nSPS) is 15.1. The molecule has 14 rings (SSSR count). The second kappa shape index (κ2) is 54.5. The minimum Gasteiger partial charge on any atom is -0.493 e. The third-order valence-corrected chi connectivity index (χ3v) is 24.8. The van der Waals surface area contributed by atoms with Crippen molar-refractivity contribution in [1.29, 1.82) is 0 Å². The van der Waals surface area contributed by atoms with Crippen LogP contribution in [0.25, 0.3) is 20.9 Å². The number of carboxylic acid groups (broad SMARTS) is 1. The first kappa shape index (κ1) is 107. The van der Waals surface area contributed by atoms with Gasteiger partial charge in [-0.05, 0) is 261 Å². The van der Waals surface area contributed by atoms with Crippen LogP contribution >= 0.6 is 22.7 Å². The van der Waals surface area contributed by atoms with Gasteiger partial charge in [0.2, 0.25) is 29.5 Å². The largest absolute Gasteiger partial charge is 0.493 e. The standard InChI is InChI=1S/C47H50N6O9S.C25H28N4O2S.C22H24N2O8.C14H2.CH3F/c1-47(2,60)20-17-29-8-5-9-30(24-29)28-62-37-25-32(26-49-42(37)48)38-27-50-44(63-38)31-18-21-52(22-19-31)40(56)14-6-11-33(54)10-3-4-23-61-36-13-7-12-34-41(36)46(59)53(45(34)58)35-15-16-39(55)51-43(35)57;1-25(2,30)9-6-17-4-3-5-18(12-17)16-31-21-13-20(14-28-23(21)26)22-15-29-24(32-22)19-7-10-27-11-8-19;25-13(6-3-9-18(27)28)5-1-2-12-32-16-8-4-7-14-19(16)22(31)24(21(14)30)15-10-11-17(26)23-20(15)29;1-3-5-7-9-11-13-14-12-10-8-6-4-2;1-2/h5,7-9,12-13,24-27,31,35,60H,3-4,6,10-11,14-16,18-19,21-23,28H2,1-2H3,(H2,48,49)(H,51,55,57);3-5,12-15,19,27,30H,7-8,10-11,16H2,1-2H3,(H2,26,28);4,7-8,15H,1-3,5-6,9-12H2,(H,27,28)(H,23,26,29);1-2H;1H3/i;;;;1D. The number of hydrogen-bond donors (Lipinski definition) is 8. The smallest absolute Gasteiger partial charge is 0.303 e. The van der Waals surface area contributed by atoms with Crippen LogP contribution in [-0.4, -0.2) is 190 Å². The molecule has 2 unspecified atom stereocenters. The van der Waals surface area contributed by atoms with Crippen molar-refractivity contribution >= 4 is 105 Å². The summed E-state index contributed by atoms with van der Waals surface area (Å²) in [5, 5.41) is 38.2. The molecule has 736 valence electrons. The minimum absolute atomic E-state index is 0.00694. The summed E-state index contributed by atoms with van der Waals surface area (Å²) in [5.41, 5.74) is 15.8. The molecule has 8 aromatic rings. The number of likely N-dealkylation sites (tertiary alicyclic amines) is 1. The number of ether oxygens (including phenoxy) is 4. The number of Topliss-reactive ketones (excluding diaryl/α,β-unsaturated/α-hetero) is 2. The third-order valence-electron chi connectivity index (χ3n) is 22.4. The first-order valence-corrected chi connectivity index (χ1v) is 47.7. The summed E-state index contributed by atoms with van der Waals surface area (Å²) in [4.78, 5) is 171. The summed E-state index contributed by atoms with van der Waals surface area (Å²) in [5.74, 6) is 37.2. The number of aliphatic carboxylic acids is 1. The number of ketones is 2. The first-order valence-electron chi connectivity index (χ1n) is 46.8. The van der Waals surface area contributed by atoms with Gasteiger partial charge in [-0.25, -0.2) is 19.9 Å². The van der Waals surface area contributed by atoms with Gasteiger partial charge in [-0.15, -0.1) is 35.5 Å². The lowest BCUT2D eigenvalue weighted by atomic mass is 9.97. The molecule has 6 aliphatic heterocycles. The second-order valence-corrected chi connectivity index (χ2v) is 36.3. The number of aromatic nitrogens is 4. The summed E-state index contributed by atoms with van der Waals surface area (Å²) in [6.07, 6.45) is 25.5. The number of rotatable bonds is 32. The number of thiazole rings is 2. The van der Waals surface area contributed by atoms with Crippen LogP contribution < -0.4 is 46.4 Å². The Hall–Kier alpha value is -16.1. The number of pyridine rings is 2. The minimum atomic E-state index is -1.09. The van der Waals surface area contributed by atoms with E-state index >= 15 is 0 Å². The Morgan fingerprint density at radius 1 is 0.497 bits per heavy atom. The van der Waals surface area contributed by atoms with Crippen molar-refractivity contribution in [2.75, 3.05) is 58.0 Å². The quantitative estimate of drug-likeness (QED) is 0.0110. The molecule has 2 atom stereocenters. The van der Waals surface area contributed by atoms with E-state index < -0.39 is 83.7 Å². The van der Waals surface area contributed by atoms with E-state index in [1.54, 1.807) is 87.0 Å². The molecule has 0 aliphatic carbocycles. The summed E-state index contributed by atoms with van der Waals surface area (Å²) < 4.78 is 39.1. The highest BCUT2D eigenvalue weighted by molar-refractivity contribution is 7.15. The molecule has 4 aromatic heterocycles. The van der Waals surface area contributed by atoms with Crippen LogP contribution in [-0.2, 0) is 51.6 Å². The Morgan fingerprint density at radius 3 is 1.30 bits per heavy atom. The summed E-state index contributed by atoms with van der Waals surface area (Å²) >= 11 is 3.32. The second-order valence-electron chi connectivity index (χ2n) is 34.2. The number of nitrogens with two attached hydrogens (primary N) is 2. The molecule has 0 saturated carbocycles. The van der Waals surface area contributed by atoms with Crippen LogP contribution in [0.15, 0.2) is 122 Å². The molecule has 4 saturated heterocycles. The number of anilines is 2. The van der Waals surface area contributed by atoms with Crippen molar-refractivity contribution in [3.05, 3.63) is 176 Å². The van der Waals surface area contributed by atoms with Gasteiger partial charge in [-0.2, -0.15) is 0 Å². The van der Waals surface area contributed by atoms with E-state index in [9.17, 15) is 72.1 Å². The predicted octanol–water partition coefficient (Wildman–Crippen LogP) is 11.9. The Balaban J connectivity index is 0.000000220. The number of aliphatic hydroxyl groups is 2. The molecule has 143 heavy (non-hydrogen) atoms. The van der Waals surface area contributed by atoms with E-state index in [-0.39, 0.29) is 121 Å². The van der Waals surface area contributed by atoms with Gasteiger partial charge in [0, 0.05) is 123 Å². The van der Waals surface area contributed by atoms with Gasteiger partial charge in [0.15, 0.2) is 23.1 Å². The Kier molecular flexibility index (Phi) is 40.9. The number of carboxylic acids is 1. The molecule has 10 N–H and O–H groups in total. The Morgan fingerprint density at radius 2 is 0.895 bits per heavy atom. The number of imide groups is 4. The molecule has 31 nitrogen and oxygen atoms in total. The van der Waals surface area contributed by atoms with Gasteiger partial charge in [0.1, 0.15) is 59.6 Å². The number of terminal acetylenes is 2. The number of piperidine rings is 4. The molecule has 4 aromatic carbocycles. The number of benzene rings is 4. The van der Waals surface area contributed by atoms with Crippen molar-refractivity contribution in [2.45, 2.75) is 204 Å². The zero-order chi connectivity index (χ0) is 104. The number of nitrogen functional groups attached to an aromatic ring is 2. The molecule has 4 fully saturated rings. The molecule has 34 heteroatoms. The molecular formula is C109H107FN12O19S2. The number of halogens is 1. The molecule has 10 heterocycles. The van der Waals surface area contributed by atoms with E-state index in [1.165, 1.54) is 17.1 Å². The highest BCUT2D eigenvalue weighted by Crippen LogP contribution is 2.41. The van der Waals surface area contributed by atoms with E-state index in [0.717, 1.165) is 96.7 Å². The van der Waals surface area contributed by atoms with Crippen LogP contribution in [0.5, 0.6) is 23.0 Å². The lowest BCUT2D eigenvalue weighted by Crippen LogP contribution is -2.54. The summed E-state index contributed by atoms with van der Waals surface area (Å²) in [7, 11) is -1.00. The highest BCUT2D eigenvalue weighted by Gasteiger charge is 2.48. The molecule has 0 spiro atoms. The SMILES string of the molecule is C#CC#CC#CC#CC#CC#CC#C.CC(C)(O)C#Cc1cccc(COc2cc(-c3cnc(C4CCN(C(=O)CCCC(=O)CCCCOc5cccc6c5C(=O)N(C5CCC(=O)NC5=O)C6=O)CC4)s3)cnc2N)c1.CC(C)(O)C#Cc1cccc(COc2cc(-c3cnc(C4CCNCC4)s3)cnc2N)c1.O=C(O)CCCC(=O)CCCCOc1cccc2c1C(=O)N(C1CCC(=O)NC1=O)C2=O.[2H]CF. The monoisotopic (exact) mass is 1970 g/mol. The van der Waals surface area contributed by atoms with Gasteiger partial charge in [-0.1, -0.05) is 60.1 Å². The van der Waals surface area contributed by atoms with Gasteiger partial charge in [0.05, 0.1) is 63.8 Å². The maximum atomic E-state index is 13.3. The number of carbonyl (C=O) groups excluding carboxylic acids is 11. The maximum Gasteiger partial charge on any atom is 0.303 e. The van der Waals surface area contributed by atoms with Gasteiger partial charge < -0.3 is 56.0 Å². The number of hydrogen-bond acceptors (Lipinski definition) is 27. The van der Waals surface area contributed by atoms with E-state index in [2.05, 4.69) is 126 Å². The average molecular weight is 1970 g/mol. The molecule has 0 bridgehead atoms. The fourth-order valence-electron chi connectivity index (χ4n) is 15.4. The predicted molar refractivity (Wildman–Crippen MR) is 535 cm³/mol. The zero-order valence-corrected chi connectivity index (χ0v) is 81.0. The number of unbranched alkanes of at least 4 members (excludes halogenated alkanes) is 2. The van der Waals surface area contributed by atoms with Crippen molar-refractivity contribution < 1.29 is 97.6 Å². The van der Waals surface area contributed by atoms with Gasteiger partial charge in [0.25, 0.3) is 23.6 Å². The topological polar surface area (TPSA) is 452 Å². The fourth-order valence-corrected chi connectivity index (χ4v) is 17.5. The van der Waals surface area contributed by atoms with Crippen molar-refractivity contribution in [3.63, 3.8) is 0 Å². The van der Waals surface area contributed by atoms with Crippen molar-refractivity contribution in [2.24, 2.45) is 0 Å². The van der Waals surface area contributed by atoms with Crippen LogP contribution in [0.4, 0.5) is 16.0 Å². The van der Waals surface area contributed by atoms with Crippen LogP contribution in [0.1, 0.15) is 243 Å². The molecular weight excluding hydrogens is 1860 g/mol. The van der Waals surface area contributed by atoms with Crippen LogP contribution in [0.2, 0.25) is 0 Å². The maximum absolute atomic E-state index is 13.3. The summed E-state index contributed by atoms with van der Waals surface area (Å²) in [6, 6.07) is 26.4. The number of carbonyl (C=O) groups is 12. The lowest BCUT2D eigenvalue weighted by molar-refractivity contribution is -0.138. The van der Waals surface area contributed by atoms with Crippen molar-refractivity contribution in [1.82, 2.24) is 50.6 Å². The highest BCUT2D eigenvalue weighted by atomic mass is 32.1. The third kappa shape index (κ3) is 33.3. The molecule has 0 radical (unpaired) electrons. The number of fused-ring (bicyclic) bond motifs is 2. The fraction of sp³-hybridized carbons (Fsp3) is 0.358.